The number of methoxy groups -OCH3 is 1. The first-order chi connectivity index (χ1) is 13.0. The van der Waals surface area contributed by atoms with Crippen LogP contribution < -0.4 is 15.4 Å². The molecule has 0 saturated carbocycles. The minimum atomic E-state index is -0.801. The molecule has 0 aliphatic rings. The zero-order valence-corrected chi connectivity index (χ0v) is 17.2. The van der Waals surface area contributed by atoms with E-state index in [2.05, 4.69) is 26.6 Å². The van der Waals surface area contributed by atoms with E-state index in [0.717, 1.165) is 4.47 Å². The zero-order chi connectivity index (χ0) is 19.6. The Bertz CT molecular complexity index is 771. The van der Waals surface area contributed by atoms with E-state index in [1.54, 1.807) is 43.5 Å². The second-order valence-corrected chi connectivity index (χ2v) is 7.55. The minimum absolute atomic E-state index is 0.107. The van der Waals surface area contributed by atoms with Gasteiger partial charge in [0.2, 0.25) is 11.8 Å². The normalized spacial score (nSPS) is 11.5. The molecule has 6 nitrogen and oxygen atoms in total. The Morgan fingerprint density at radius 2 is 1.85 bits per heavy atom. The molecule has 2 amide bonds. The summed E-state index contributed by atoms with van der Waals surface area (Å²) in [6.45, 7) is 0.107. The molecule has 0 aromatic heterocycles. The molecular formula is C19H21BrN2O4S. The molecule has 2 aromatic carbocycles. The van der Waals surface area contributed by atoms with Gasteiger partial charge in [-0.15, -0.1) is 11.8 Å². The van der Waals surface area contributed by atoms with Gasteiger partial charge in [-0.1, -0.05) is 34.1 Å². The van der Waals surface area contributed by atoms with Crippen molar-refractivity contribution in [2.45, 2.75) is 6.10 Å². The molecule has 3 N–H and O–H groups in total. The lowest BCUT2D eigenvalue weighted by molar-refractivity contribution is -0.119. The SMILES string of the molecule is COc1ccc(C(O)CNC(=O)CSCC(=O)Nc2cccc(Br)c2)cc1. The van der Waals surface area contributed by atoms with Crippen molar-refractivity contribution in [2.75, 3.05) is 30.5 Å². The van der Waals surface area contributed by atoms with E-state index in [1.807, 2.05) is 12.1 Å². The summed E-state index contributed by atoms with van der Waals surface area (Å²) in [7, 11) is 1.57. The van der Waals surface area contributed by atoms with Crippen LogP contribution in [0.3, 0.4) is 0 Å². The molecule has 8 heteroatoms. The van der Waals surface area contributed by atoms with Crippen LogP contribution in [0.2, 0.25) is 0 Å². The quantitative estimate of drug-likeness (QED) is 0.544. The van der Waals surface area contributed by atoms with E-state index in [1.165, 1.54) is 11.8 Å². The third-order valence-electron chi connectivity index (χ3n) is 3.57. The molecule has 2 aromatic rings. The first-order valence-electron chi connectivity index (χ1n) is 8.20. The highest BCUT2D eigenvalue weighted by atomic mass is 79.9. The number of hydrogen-bond acceptors (Lipinski definition) is 5. The van der Waals surface area contributed by atoms with Gasteiger partial charge in [0, 0.05) is 16.7 Å². The number of aliphatic hydroxyl groups is 1. The van der Waals surface area contributed by atoms with E-state index in [-0.39, 0.29) is 29.9 Å². The number of halogens is 1. The van der Waals surface area contributed by atoms with Gasteiger partial charge in [-0.3, -0.25) is 9.59 Å². The van der Waals surface area contributed by atoms with Crippen LogP contribution in [-0.2, 0) is 9.59 Å². The van der Waals surface area contributed by atoms with Crippen LogP contribution in [0.5, 0.6) is 5.75 Å². The maximum Gasteiger partial charge on any atom is 0.234 e. The molecule has 0 radical (unpaired) electrons. The van der Waals surface area contributed by atoms with Gasteiger partial charge in [0.1, 0.15) is 5.75 Å². The Morgan fingerprint density at radius 3 is 2.52 bits per heavy atom. The monoisotopic (exact) mass is 452 g/mol. The number of hydrogen-bond donors (Lipinski definition) is 3. The number of aliphatic hydroxyl groups excluding tert-OH is 1. The number of ether oxygens (including phenoxy) is 1. The van der Waals surface area contributed by atoms with Gasteiger partial charge < -0.3 is 20.5 Å². The van der Waals surface area contributed by atoms with E-state index >= 15 is 0 Å². The van der Waals surface area contributed by atoms with Crippen molar-refractivity contribution >= 4 is 45.2 Å². The molecule has 0 heterocycles. The Balaban J connectivity index is 1.65. The fourth-order valence-corrected chi connectivity index (χ4v) is 3.25. The molecule has 27 heavy (non-hydrogen) atoms. The number of carbonyl (C=O) groups excluding carboxylic acids is 2. The highest BCUT2D eigenvalue weighted by Gasteiger charge is 2.11. The number of amides is 2. The lowest BCUT2D eigenvalue weighted by Crippen LogP contribution is -2.30. The second kappa shape index (κ2) is 11.0. The summed E-state index contributed by atoms with van der Waals surface area (Å²) in [4.78, 5) is 23.7. The lowest BCUT2D eigenvalue weighted by Gasteiger charge is -2.13. The zero-order valence-electron chi connectivity index (χ0n) is 14.8. The fraction of sp³-hybridized carbons (Fsp3) is 0.263. The maximum absolute atomic E-state index is 11.9. The van der Waals surface area contributed by atoms with Gasteiger partial charge in [0.25, 0.3) is 0 Å². The van der Waals surface area contributed by atoms with Crippen molar-refractivity contribution in [1.82, 2.24) is 5.32 Å². The summed E-state index contributed by atoms with van der Waals surface area (Å²) in [5.74, 6) is 0.599. The van der Waals surface area contributed by atoms with Gasteiger partial charge in [0.05, 0.1) is 24.7 Å². The van der Waals surface area contributed by atoms with Gasteiger partial charge in [-0.25, -0.2) is 0 Å². The average Bonchev–Trinajstić information content (AvgIpc) is 2.66. The number of benzene rings is 2. The summed E-state index contributed by atoms with van der Waals surface area (Å²) >= 11 is 4.55. The van der Waals surface area contributed by atoms with Crippen LogP contribution in [0.4, 0.5) is 5.69 Å². The number of carbonyl (C=O) groups is 2. The molecular weight excluding hydrogens is 432 g/mol. The fourth-order valence-electron chi connectivity index (χ4n) is 2.21. The molecule has 0 aliphatic heterocycles. The first kappa shape index (κ1) is 21.3. The summed E-state index contributed by atoms with van der Waals surface area (Å²) < 4.78 is 5.94. The summed E-state index contributed by atoms with van der Waals surface area (Å²) in [6, 6.07) is 14.3. The van der Waals surface area contributed by atoms with Crippen LogP contribution in [-0.4, -0.2) is 42.1 Å². The molecule has 1 atom stereocenters. The average molecular weight is 453 g/mol. The maximum atomic E-state index is 11.9. The van der Waals surface area contributed by atoms with Crippen LogP contribution in [0.25, 0.3) is 0 Å². The smallest absolute Gasteiger partial charge is 0.234 e. The molecule has 0 fully saturated rings. The minimum Gasteiger partial charge on any atom is -0.497 e. The highest BCUT2D eigenvalue weighted by molar-refractivity contribution is 9.10. The molecule has 0 spiro atoms. The van der Waals surface area contributed by atoms with Crippen LogP contribution in [0.1, 0.15) is 11.7 Å². The van der Waals surface area contributed by atoms with Crippen molar-refractivity contribution in [2.24, 2.45) is 0 Å². The summed E-state index contributed by atoms with van der Waals surface area (Å²) in [6.07, 6.45) is -0.801. The van der Waals surface area contributed by atoms with E-state index < -0.39 is 6.10 Å². The van der Waals surface area contributed by atoms with E-state index in [0.29, 0.717) is 17.0 Å². The number of nitrogens with one attached hydrogen (secondary N) is 2. The number of thioether (sulfide) groups is 1. The molecule has 0 saturated heterocycles. The van der Waals surface area contributed by atoms with Gasteiger partial charge in [-0.2, -0.15) is 0 Å². The Morgan fingerprint density at radius 1 is 1.15 bits per heavy atom. The molecule has 144 valence electrons. The predicted octanol–water partition coefficient (Wildman–Crippen LogP) is 2.98. The molecule has 1 unspecified atom stereocenters. The van der Waals surface area contributed by atoms with Crippen molar-refractivity contribution in [3.8, 4) is 5.75 Å². The van der Waals surface area contributed by atoms with Gasteiger partial charge in [0.15, 0.2) is 0 Å². The van der Waals surface area contributed by atoms with Gasteiger partial charge >= 0.3 is 0 Å². The standard InChI is InChI=1S/C19H21BrN2O4S/c1-26-16-7-5-13(6-8-16)17(23)10-21-18(24)11-27-12-19(25)22-15-4-2-3-14(20)9-15/h2-9,17,23H,10-12H2,1H3,(H,21,24)(H,22,25). The summed E-state index contributed by atoms with van der Waals surface area (Å²) in [5, 5.41) is 15.5. The van der Waals surface area contributed by atoms with Crippen LogP contribution >= 0.6 is 27.7 Å². The van der Waals surface area contributed by atoms with Crippen molar-refractivity contribution in [3.63, 3.8) is 0 Å². The van der Waals surface area contributed by atoms with E-state index in [4.69, 9.17) is 4.74 Å². The Kier molecular flexibility index (Phi) is 8.63. The molecule has 0 bridgehead atoms. The number of rotatable bonds is 9. The predicted molar refractivity (Wildman–Crippen MR) is 111 cm³/mol. The molecule has 0 aliphatic carbocycles. The highest BCUT2D eigenvalue weighted by Crippen LogP contribution is 2.17. The third-order valence-corrected chi connectivity index (χ3v) is 4.99. The van der Waals surface area contributed by atoms with Crippen molar-refractivity contribution in [1.29, 1.82) is 0 Å². The van der Waals surface area contributed by atoms with E-state index in [9.17, 15) is 14.7 Å². The van der Waals surface area contributed by atoms with Crippen LogP contribution in [0.15, 0.2) is 53.0 Å². The summed E-state index contributed by atoms with van der Waals surface area (Å²) in [5.41, 5.74) is 1.39. The third kappa shape index (κ3) is 7.62. The largest absolute Gasteiger partial charge is 0.497 e. The van der Waals surface area contributed by atoms with Gasteiger partial charge in [-0.05, 0) is 35.9 Å². The van der Waals surface area contributed by atoms with Crippen molar-refractivity contribution in [3.05, 3.63) is 58.6 Å². The molecule has 2 rings (SSSR count). The van der Waals surface area contributed by atoms with Crippen LogP contribution in [0, 0.1) is 0 Å². The Labute approximate surface area is 170 Å². The number of anilines is 1. The Hall–Kier alpha value is -2.03. The first-order valence-corrected chi connectivity index (χ1v) is 10.1. The lowest BCUT2D eigenvalue weighted by atomic mass is 10.1. The van der Waals surface area contributed by atoms with Crippen molar-refractivity contribution < 1.29 is 19.4 Å². The second-order valence-electron chi connectivity index (χ2n) is 5.64. The topological polar surface area (TPSA) is 87.7 Å².